The molecule has 122 valence electrons. The van der Waals surface area contributed by atoms with Gasteiger partial charge in [0.05, 0.1) is 0 Å². The van der Waals surface area contributed by atoms with Crippen LogP contribution in [0.2, 0.25) is 0 Å². The normalized spacial score (nSPS) is 22.9. The third-order valence-corrected chi connectivity index (χ3v) is 4.88. The van der Waals surface area contributed by atoms with Gasteiger partial charge in [-0.15, -0.1) is 0 Å². The molecule has 0 bridgehead atoms. The summed E-state index contributed by atoms with van der Waals surface area (Å²) in [6, 6.07) is 8.19. The number of rotatable bonds is 2. The zero-order chi connectivity index (χ0) is 15.8. The van der Waals surface area contributed by atoms with Gasteiger partial charge >= 0.3 is 0 Å². The molecule has 2 aliphatic heterocycles. The lowest BCUT2D eigenvalue weighted by Crippen LogP contribution is -2.53. The van der Waals surface area contributed by atoms with Gasteiger partial charge < -0.3 is 19.1 Å². The van der Waals surface area contributed by atoms with Crippen molar-refractivity contribution >= 4 is 23.0 Å². The molecule has 23 heavy (non-hydrogen) atoms. The maximum Gasteiger partial charge on any atom is 0.299 e. The van der Waals surface area contributed by atoms with Gasteiger partial charge in [0.15, 0.2) is 5.58 Å². The monoisotopic (exact) mass is 314 g/mol. The van der Waals surface area contributed by atoms with Gasteiger partial charge in [0, 0.05) is 32.7 Å². The number of anilines is 1. The summed E-state index contributed by atoms with van der Waals surface area (Å²) in [5.74, 6) is 0.220. The molecule has 4 rings (SSSR count). The number of likely N-dealkylation sites (N-methyl/N-ethyl adjacent to an activating group) is 1. The van der Waals surface area contributed by atoms with Crippen molar-refractivity contribution in [2.45, 2.75) is 18.9 Å². The number of carbonyl (C=O) groups is 1. The first kappa shape index (κ1) is 14.5. The number of oxazole rings is 1. The van der Waals surface area contributed by atoms with Crippen molar-refractivity contribution in [3.05, 3.63) is 24.3 Å². The van der Waals surface area contributed by atoms with Crippen molar-refractivity contribution in [1.82, 2.24) is 14.8 Å². The van der Waals surface area contributed by atoms with E-state index < -0.39 is 0 Å². The van der Waals surface area contributed by atoms with Crippen molar-refractivity contribution in [1.29, 1.82) is 0 Å². The molecule has 2 aliphatic rings. The first-order valence-electron chi connectivity index (χ1n) is 8.32. The van der Waals surface area contributed by atoms with E-state index in [9.17, 15) is 4.79 Å². The Morgan fingerprint density at radius 3 is 2.74 bits per heavy atom. The lowest BCUT2D eigenvalue weighted by molar-refractivity contribution is -0.134. The fourth-order valence-electron chi connectivity index (χ4n) is 3.47. The van der Waals surface area contributed by atoms with Crippen LogP contribution in [0, 0.1) is 0 Å². The van der Waals surface area contributed by atoms with Gasteiger partial charge in [0.1, 0.15) is 11.6 Å². The zero-order valence-corrected chi connectivity index (χ0v) is 13.4. The Hall–Kier alpha value is -2.08. The minimum Gasteiger partial charge on any atom is -0.423 e. The largest absolute Gasteiger partial charge is 0.423 e. The highest BCUT2D eigenvalue weighted by molar-refractivity contribution is 5.86. The van der Waals surface area contributed by atoms with Gasteiger partial charge in [-0.25, -0.2) is 0 Å². The first-order chi connectivity index (χ1) is 11.2. The molecule has 6 nitrogen and oxygen atoms in total. The van der Waals surface area contributed by atoms with Crippen LogP contribution in [0.15, 0.2) is 28.7 Å². The van der Waals surface area contributed by atoms with Gasteiger partial charge in [-0.1, -0.05) is 12.1 Å². The molecule has 0 unspecified atom stereocenters. The van der Waals surface area contributed by atoms with E-state index in [1.807, 2.05) is 34.1 Å². The molecule has 0 radical (unpaired) electrons. The second kappa shape index (κ2) is 5.85. The Labute approximate surface area is 135 Å². The van der Waals surface area contributed by atoms with E-state index in [0.29, 0.717) is 6.01 Å². The highest BCUT2D eigenvalue weighted by Crippen LogP contribution is 2.29. The molecule has 0 spiro atoms. The van der Waals surface area contributed by atoms with E-state index in [2.05, 4.69) is 16.9 Å². The van der Waals surface area contributed by atoms with E-state index in [1.54, 1.807) is 0 Å². The summed E-state index contributed by atoms with van der Waals surface area (Å²) < 4.78 is 5.87. The lowest BCUT2D eigenvalue weighted by atomic mass is 10.1. The van der Waals surface area contributed by atoms with E-state index in [1.165, 1.54) is 0 Å². The minimum absolute atomic E-state index is 0.133. The van der Waals surface area contributed by atoms with Crippen molar-refractivity contribution < 1.29 is 9.21 Å². The Bertz CT molecular complexity index is 672. The van der Waals surface area contributed by atoms with Crippen LogP contribution in [0.4, 0.5) is 6.01 Å². The summed E-state index contributed by atoms with van der Waals surface area (Å²) in [6.07, 6.45) is 1.88. The smallest absolute Gasteiger partial charge is 0.299 e. The van der Waals surface area contributed by atoms with Crippen LogP contribution in [0.5, 0.6) is 0 Å². The van der Waals surface area contributed by atoms with Crippen LogP contribution in [0.1, 0.15) is 12.8 Å². The standard InChI is InChI=1S/C17H22N4O2/c1-19-9-11-20(12-10-19)16(22)14-6-4-8-21(14)17-18-13-5-2-3-7-15(13)23-17/h2-3,5,7,14H,4,6,8-12H2,1H3/t14-/m0/s1. The Balaban J connectivity index is 1.55. The quantitative estimate of drug-likeness (QED) is 0.842. The van der Waals surface area contributed by atoms with Crippen molar-refractivity contribution in [3.63, 3.8) is 0 Å². The number of amides is 1. The van der Waals surface area contributed by atoms with Crippen molar-refractivity contribution in [2.75, 3.05) is 44.7 Å². The molecule has 1 atom stereocenters. The molecular weight excluding hydrogens is 292 g/mol. The van der Waals surface area contributed by atoms with Crippen LogP contribution in [0.25, 0.3) is 11.1 Å². The summed E-state index contributed by atoms with van der Waals surface area (Å²) in [6.45, 7) is 4.35. The van der Waals surface area contributed by atoms with E-state index >= 15 is 0 Å². The molecule has 6 heteroatoms. The fraction of sp³-hybridized carbons (Fsp3) is 0.529. The molecule has 1 aromatic heterocycles. The van der Waals surface area contributed by atoms with Crippen LogP contribution in [-0.2, 0) is 4.79 Å². The molecule has 2 fully saturated rings. The molecule has 1 amide bonds. The maximum atomic E-state index is 12.9. The lowest BCUT2D eigenvalue weighted by Gasteiger charge is -2.35. The molecule has 3 heterocycles. The Kier molecular flexibility index (Phi) is 3.69. The zero-order valence-electron chi connectivity index (χ0n) is 13.4. The number of para-hydroxylation sites is 2. The Morgan fingerprint density at radius 2 is 1.96 bits per heavy atom. The van der Waals surface area contributed by atoms with Gasteiger partial charge in [-0.05, 0) is 32.0 Å². The average molecular weight is 314 g/mol. The van der Waals surface area contributed by atoms with E-state index in [0.717, 1.165) is 56.7 Å². The molecule has 2 saturated heterocycles. The second-order valence-electron chi connectivity index (χ2n) is 6.44. The van der Waals surface area contributed by atoms with Crippen LogP contribution in [0.3, 0.4) is 0 Å². The summed E-state index contributed by atoms with van der Waals surface area (Å²) in [5, 5.41) is 0. The number of nitrogens with zero attached hydrogens (tertiary/aromatic N) is 4. The Morgan fingerprint density at radius 1 is 1.17 bits per heavy atom. The van der Waals surface area contributed by atoms with Crippen molar-refractivity contribution in [2.24, 2.45) is 0 Å². The highest BCUT2D eigenvalue weighted by atomic mass is 16.4. The maximum absolute atomic E-state index is 12.9. The molecule has 0 N–H and O–H groups in total. The molecular formula is C17H22N4O2. The number of piperazine rings is 1. The minimum atomic E-state index is -0.133. The first-order valence-corrected chi connectivity index (χ1v) is 8.32. The van der Waals surface area contributed by atoms with Gasteiger partial charge in [0.2, 0.25) is 5.91 Å². The summed E-state index contributed by atoms with van der Waals surface area (Å²) in [5.41, 5.74) is 1.63. The number of benzene rings is 1. The highest BCUT2D eigenvalue weighted by Gasteiger charge is 2.36. The number of hydrogen-bond donors (Lipinski definition) is 0. The molecule has 1 aromatic carbocycles. The third kappa shape index (κ3) is 2.67. The van der Waals surface area contributed by atoms with Crippen molar-refractivity contribution in [3.8, 4) is 0 Å². The predicted molar refractivity (Wildman–Crippen MR) is 88.5 cm³/mol. The molecule has 0 aliphatic carbocycles. The second-order valence-corrected chi connectivity index (χ2v) is 6.44. The SMILES string of the molecule is CN1CCN(C(=O)[C@@H]2CCCN2c2nc3ccccc3o2)CC1. The van der Waals surface area contributed by atoms with E-state index in [-0.39, 0.29) is 11.9 Å². The summed E-state index contributed by atoms with van der Waals surface area (Å²) >= 11 is 0. The summed E-state index contributed by atoms with van der Waals surface area (Å²) in [7, 11) is 2.10. The number of hydrogen-bond acceptors (Lipinski definition) is 5. The summed E-state index contributed by atoms with van der Waals surface area (Å²) in [4.78, 5) is 23.8. The van der Waals surface area contributed by atoms with Crippen LogP contribution in [-0.4, -0.2) is 66.5 Å². The van der Waals surface area contributed by atoms with Gasteiger partial charge in [-0.3, -0.25) is 4.79 Å². The molecule has 2 aromatic rings. The topological polar surface area (TPSA) is 52.8 Å². The van der Waals surface area contributed by atoms with Crippen LogP contribution >= 0.6 is 0 Å². The molecule has 0 saturated carbocycles. The van der Waals surface area contributed by atoms with E-state index in [4.69, 9.17) is 4.42 Å². The number of aromatic nitrogens is 1. The fourth-order valence-corrected chi connectivity index (χ4v) is 3.47. The van der Waals surface area contributed by atoms with Crippen LogP contribution < -0.4 is 4.90 Å². The van der Waals surface area contributed by atoms with Gasteiger partial charge in [-0.2, -0.15) is 4.98 Å². The number of carbonyl (C=O) groups excluding carboxylic acids is 1. The van der Waals surface area contributed by atoms with Gasteiger partial charge in [0.25, 0.3) is 6.01 Å². The third-order valence-electron chi connectivity index (χ3n) is 4.88. The predicted octanol–water partition coefficient (Wildman–Crippen LogP) is 1.57. The number of fused-ring (bicyclic) bond motifs is 1. The average Bonchev–Trinajstić information content (AvgIpc) is 3.21.